The van der Waals surface area contributed by atoms with Gasteiger partial charge in [-0.3, -0.25) is 38.7 Å². The van der Waals surface area contributed by atoms with Crippen molar-refractivity contribution < 1.29 is 56.5 Å². The number of benzene rings is 2. The Labute approximate surface area is 418 Å². The normalized spacial score (nSPS) is 20.1. The molecular formula is C53H83CrN8O6+. The first kappa shape index (κ1) is 56.0. The minimum absolute atomic E-state index is 0. The number of carbonyl (C=O) groups is 2. The van der Waals surface area contributed by atoms with Crippen molar-refractivity contribution in [3.63, 3.8) is 0 Å². The monoisotopic (exact) mass is 980 g/mol. The van der Waals surface area contributed by atoms with Crippen LogP contribution in [0.3, 0.4) is 0 Å². The Kier molecular flexibility index (Phi) is 20.4. The third kappa shape index (κ3) is 14.5. The summed E-state index contributed by atoms with van der Waals surface area (Å²) in [5.74, 6) is -0.138. The van der Waals surface area contributed by atoms with Crippen molar-refractivity contribution in [2.45, 2.75) is 142 Å². The number of aliphatic carboxylic acids is 2. The molecule has 4 heterocycles. The quantitative estimate of drug-likeness (QED) is 0.0770. The Morgan fingerprint density at radius 2 is 0.985 bits per heavy atom. The topological polar surface area (TPSA) is 159 Å². The van der Waals surface area contributed by atoms with E-state index in [0.717, 1.165) is 139 Å². The van der Waals surface area contributed by atoms with Gasteiger partial charge in [-0.25, -0.2) is 9.59 Å². The van der Waals surface area contributed by atoms with E-state index >= 15 is 0 Å². The van der Waals surface area contributed by atoms with Gasteiger partial charge in [0.1, 0.15) is 11.5 Å². The summed E-state index contributed by atoms with van der Waals surface area (Å²) in [5, 5.41) is 38.3. The van der Waals surface area contributed by atoms with Crippen LogP contribution in [0.2, 0.25) is 0 Å². The van der Waals surface area contributed by atoms with Gasteiger partial charge in [0, 0.05) is 66.6 Å². The number of guanidine groups is 2. The number of fused-ring (bicyclic) bond motifs is 2. The van der Waals surface area contributed by atoms with Crippen LogP contribution in [0.15, 0.2) is 34.3 Å². The van der Waals surface area contributed by atoms with Crippen molar-refractivity contribution in [1.29, 1.82) is 0 Å². The van der Waals surface area contributed by atoms with Crippen molar-refractivity contribution in [2.24, 2.45) is 9.98 Å². The molecule has 1 aliphatic carbocycles. The number of rotatable bonds is 12. The Bertz CT molecular complexity index is 2020. The molecule has 2 atom stereocenters. The van der Waals surface area contributed by atoms with E-state index < -0.39 is 11.9 Å². The van der Waals surface area contributed by atoms with Crippen molar-refractivity contribution >= 4 is 36.3 Å². The molecule has 2 aromatic carbocycles. The second-order valence-electron chi connectivity index (χ2n) is 21.2. The van der Waals surface area contributed by atoms with Crippen molar-refractivity contribution in [3.8, 4) is 11.5 Å². The summed E-state index contributed by atoms with van der Waals surface area (Å²) < 4.78 is 4.86. The first-order chi connectivity index (χ1) is 31.3. The number of aryl methyl sites for hydroxylation is 2. The van der Waals surface area contributed by atoms with Crippen molar-refractivity contribution in [3.05, 3.63) is 65.1 Å². The van der Waals surface area contributed by atoms with Gasteiger partial charge in [0.05, 0.1) is 91.6 Å². The molecule has 15 heteroatoms. The van der Waals surface area contributed by atoms with Crippen LogP contribution in [0.1, 0.15) is 139 Å². The molecule has 1 saturated carbocycles. The molecule has 68 heavy (non-hydrogen) atoms. The zero-order chi connectivity index (χ0) is 47.8. The number of aliphatic imine (C=N–C) groups is 2. The van der Waals surface area contributed by atoms with Gasteiger partial charge in [-0.15, -0.1) is 0 Å². The summed E-state index contributed by atoms with van der Waals surface area (Å²) in [6.45, 7) is 24.6. The zero-order valence-electron chi connectivity index (χ0n) is 42.8. The first-order valence-corrected chi connectivity index (χ1v) is 24.7. The number of carboxylic acid groups (broad SMARTS) is 2. The molecule has 5 aliphatic rings. The minimum atomic E-state index is -1.82. The molecule has 2 aromatic rings. The molecule has 0 radical (unpaired) electrons. The van der Waals surface area contributed by atoms with E-state index in [1.54, 1.807) is 0 Å². The average Bonchev–Trinajstić information content (AvgIpc) is 3.26. The van der Waals surface area contributed by atoms with Crippen LogP contribution in [0.25, 0.3) is 0 Å². The van der Waals surface area contributed by atoms with Crippen LogP contribution in [-0.2, 0) is 50.6 Å². The van der Waals surface area contributed by atoms with Crippen LogP contribution in [-0.4, -0.2) is 177 Å². The van der Waals surface area contributed by atoms with Crippen LogP contribution in [0, 0.1) is 7.43 Å². The molecule has 0 aromatic heterocycles. The van der Waals surface area contributed by atoms with E-state index in [1.165, 1.54) is 48.7 Å². The van der Waals surface area contributed by atoms with Crippen LogP contribution >= 0.6 is 0 Å². The fourth-order valence-corrected chi connectivity index (χ4v) is 10.3. The smallest absolute Gasteiger partial charge is 0.414 e. The molecule has 3 fully saturated rings. The minimum Gasteiger partial charge on any atom is -0.507 e. The number of carboxylic acids is 2. The molecule has 4 aliphatic heterocycles. The van der Waals surface area contributed by atoms with E-state index in [9.17, 15) is 10.2 Å². The van der Waals surface area contributed by atoms with Crippen LogP contribution < -0.4 is 0 Å². The van der Waals surface area contributed by atoms with Gasteiger partial charge >= 0.3 is 23.9 Å². The molecule has 0 spiro atoms. The number of hydrogen-bond donors (Lipinski definition) is 4. The van der Waals surface area contributed by atoms with Gasteiger partial charge in [0.25, 0.3) is 0 Å². The average molecular weight is 980 g/mol. The fraction of sp³-hybridized carbons (Fsp3) is 0.642. The van der Waals surface area contributed by atoms with E-state index in [2.05, 4.69) is 109 Å². The third-order valence-corrected chi connectivity index (χ3v) is 14.0. The maximum absolute atomic E-state index is 11.7. The molecule has 4 N–H and O–H groups in total. The molecule has 2 saturated heterocycles. The molecule has 14 nitrogen and oxygen atoms in total. The summed E-state index contributed by atoms with van der Waals surface area (Å²) in [5.41, 5.74) is 5.98. The van der Waals surface area contributed by atoms with E-state index in [4.69, 9.17) is 29.8 Å². The number of phenolic OH excluding ortho intramolecular Hbond substituents is 2. The van der Waals surface area contributed by atoms with Gasteiger partial charge < -0.3 is 27.9 Å². The maximum Gasteiger partial charge on any atom is 0.414 e. The first-order valence-electron chi connectivity index (χ1n) is 24.7. The molecular weight excluding hydrogens is 897 g/mol. The Hall–Kier alpha value is -4.61. The summed E-state index contributed by atoms with van der Waals surface area (Å²) in [6, 6.07) is 8.78. The number of phenols is 2. The Morgan fingerprint density at radius 1 is 0.618 bits per heavy atom. The fourth-order valence-electron chi connectivity index (χ4n) is 10.3. The van der Waals surface area contributed by atoms with E-state index in [1.807, 2.05) is 12.4 Å². The summed E-state index contributed by atoms with van der Waals surface area (Å²) >= 11 is 0. The van der Waals surface area contributed by atoms with E-state index in [-0.39, 0.29) is 47.7 Å². The summed E-state index contributed by atoms with van der Waals surface area (Å²) in [7, 11) is 4.46. The number of hydrogen-bond acceptors (Lipinski definition) is 10. The Balaban J connectivity index is 0.00000118. The second kappa shape index (κ2) is 24.8. The van der Waals surface area contributed by atoms with Crippen LogP contribution in [0.4, 0.5) is 0 Å². The Morgan fingerprint density at radius 3 is 1.34 bits per heavy atom. The zero-order valence-corrected chi connectivity index (χ0v) is 44.0. The maximum atomic E-state index is 11.7. The SMILES string of the molecule is C[N+]1=C2N(CCCc3cc(C(C)(C)C)cc(C=NC4CCCCC4N=Cc4cc(C(C)(C)C)cc(CCCN5CCCN6CCC[N+](C)=C56)c4O)c3O)CCCN2CCC1.O=C(O)C(=O)O.[CH3-].[Cr]. The summed E-state index contributed by atoms with van der Waals surface area (Å²) in [4.78, 5) is 38.8. The van der Waals surface area contributed by atoms with Crippen molar-refractivity contribution in [1.82, 2.24) is 19.6 Å². The van der Waals surface area contributed by atoms with Gasteiger partial charge in [-0.1, -0.05) is 66.5 Å². The molecule has 7 rings (SSSR count). The van der Waals surface area contributed by atoms with Gasteiger partial charge in [-0.05, 0) is 83.7 Å². The summed E-state index contributed by atoms with van der Waals surface area (Å²) in [6.07, 6.45) is 16.5. The molecule has 376 valence electrons. The van der Waals surface area contributed by atoms with Gasteiger partial charge in [-0.2, -0.15) is 0 Å². The van der Waals surface area contributed by atoms with Crippen LogP contribution in [0.5, 0.6) is 11.5 Å². The van der Waals surface area contributed by atoms with Gasteiger partial charge in [0.2, 0.25) is 0 Å². The standard InChI is InChI=1S/C50H76N8O2.C2H2O4.CH3.Cr/c1-49(2,3)41-31-37(17-11-23-55-27-15-29-57-25-13-21-53(7)47(55)57)45(59)39(33-41)35-51-43-19-9-10-20-44(43)52-36-40-34-42(50(4,5)6)32-38(46(40)60)18-12-24-56-28-16-30-58-26-14-22-54(8)48(56)58;3-1(4)2(5)6;;/h31-36,43-44H,9-30H2,1-8H3;(H,3,4)(H,5,6);1H3;/q;;-1;/p+2. The van der Waals surface area contributed by atoms with Crippen molar-refractivity contribution in [2.75, 3.05) is 79.5 Å². The largest absolute Gasteiger partial charge is 0.507 e. The van der Waals surface area contributed by atoms with E-state index in [0.29, 0.717) is 11.5 Å². The predicted molar refractivity (Wildman–Crippen MR) is 270 cm³/mol. The second-order valence-corrected chi connectivity index (χ2v) is 21.2. The molecule has 2 unspecified atom stereocenters. The molecule has 0 amide bonds. The molecule has 0 bridgehead atoms. The predicted octanol–water partition coefficient (Wildman–Crippen LogP) is 6.83. The van der Waals surface area contributed by atoms with Gasteiger partial charge in [0.15, 0.2) is 0 Å². The third-order valence-electron chi connectivity index (χ3n) is 14.0. The number of nitrogens with zero attached hydrogens (tertiary/aromatic N) is 8. The number of aromatic hydroxyl groups is 2.